The second-order valence-corrected chi connectivity index (χ2v) is 10.8. The Kier molecular flexibility index (Phi) is 6.79. The first-order chi connectivity index (χ1) is 18.5. The first kappa shape index (κ1) is 28.4. The number of ketones is 1. The van der Waals surface area contributed by atoms with Crippen LogP contribution in [-0.2, 0) is 24.1 Å². The fourth-order valence-corrected chi connectivity index (χ4v) is 4.75. The first-order valence-corrected chi connectivity index (χ1v) is 12.9. The van der Waals surface area contributed by atoms with E-state index in [4.69, 9.17) is 0 Å². The summed E-state index contributed by atoms with van der Waals surface area (Å²) in [6.45, 7) is 2.65. The Bertz CT molecular complexity index is 1910. The minimum absolute atomic E-state index is 0.0960. The fourth-order valence-electron chi connectivity index (χ4n) is 3.52. The van der Waals surface area contributed by atoms with E-state index in [0.29, 0.717) is 19.0 Å². The molecule has 210 valence electrons. The van der Waals surface area contributed by atoms with E-state index in [0.717, 1.165) is 38.4 Å². The highest BCUT2D eigenvalue weighted by atomic mass is 32.2. The molecule has 0 saturated carbocycles. The van der Waals surface area contributed by atoms with Crippen molar-refractivity contribution in [1.29, 1.82) is 0 Å². The Morgan fingerprint density at radius 3 is 2.20 bits per heavy atom. The summed E-state index contributed by atoms with van der Waals surface area (Å²) in [4.78, 5) is 51.6. The van der Waals surface area contributed by atoms with Gasteiger partial charge in [0.15, 0.2) is 11.3 Å². The van der Waals surface area contributed by atoms with Crippen molar-refractivity contribution in [2.75, 3.05) is 4.90 Å². The molecule has 0 bridgehead atoms. The standard InChI is InChI=1S/C20H15F3N8O7S2/c1-7(32)9-5-6-10-11(16(34)31(15(10)33)18-27-24-8(2)39-18)12(9)25-26-13-14(28-40(37,38)20(21,22)23)29(3)19(36)30(4)17(13)35/h5-6,35H,1-4H3/p-1. The number of benzene rings is 1. The number of Topliss-reactive ketones (excluding diaryl/α,β-unsaturated/α-hetero) is 1. The van der Waals surface area contributed by atoms with Crippen molar-refractivity contribution in [3.05, 3.63) is 49.8 Å². The van der Waals surface area contributed by atoms with Crippen LogP contribution in [0, 0.1) is 6.92 Å². The lowest BCUT2D eigenvalue weighted by Crippen LogP contribution is -2.40. The lowest BCUT2D eigenvalue weighted by Gasteiger charge is -2.17. The van der Waals surface area contributed by atoms with Crippen molar-refractivity contribution in [2.24, 2.45) is 28.7 Å². The van der Waals surface area contributed by atoms with E-state index in [1.54, 1.807) is 6.92 Å². The van der Waals surface area contributed by atoms with Gasteiger partial charge in [0.2, 0.25) is 5.13 Å². The van der Waals surface area contributed by atoms with Gasteiger partial charge >= 0.3 is 21.2 Å². The molecular weight excluding hydrogens is 585 g/mol. The zero-order valence-corrected chi connectivity index (χ0v) is 22.2. The Morgan fingerprint density at radius 1 is 1.02 bits per heavy atom. The Hall–Kier alpha value is -4.59. The van der Waals surface area contributed by atoms with Crippen LogP contribution < -0.4 is 21.2 Å². The van der Waals surface area contributed by atoms with E-state index in [1.807, 2.05) is 0 Å². The number of amides is 2. The Morgan fingerprint density at radius 2 is 1.65 bits per heavy atom. The number of sulfonamides is 1. The van der Waals surface area contributed by atoms with Crippen LogP contribution >= 0.6 is 11.3 Å². The molecule has 0 unspecified atom stereocenters. The summed E-state index contributed by atoms with van der Waals surface area (Å²) >= 11 is 0.909. The van der Waals surface area contributed by atoms with E-state index in [-0.39, 0.29) is 16.3 Å². The molecule has 20 heteroatoms. The summed E-state index contributed by atoms with van der Waals surface area (Å²) in [7, 11) is -4.51. The highest BCUT2D eigenvalue weighted by Gasteiger charge is 2.46. The average molecular weight is 600 g/mol. The van der Waals surface area contributed by atoms with Crippen LogP contribution in [0.1, 0.15) is 43.0 Å². The predicted octanol–water partition coefficient (Wildman–Crippen LogP) is 1.13. The lowest BCUT2D eigenvalue weighted by molar-refractivity contribution is -0.278. The van der Waals surface area contributed by atoms with Crippen molar-refractivity contribution in [3.63, 3.8) is 0 Å². The zero-order chi connectivity index (χ0) is 29.9. The molecule has 1 aliphatic heterocycles. The van der Waals surface area contributed by atoms with Crippen molar-refractivity contribution in [3.8, 4) is 5.88 Å². The molecule has 0 atom stereocenters. The molecule has 0 spiro atoms. The van der Waals surface area contributed by atoms with Crippen LogP contribution in [0.2, 0.25) is 0 Å². The third kappa shape index (κ3) is 4.49. The van der Waals surface area contributed by atoms with Gasteiger partial charge in [0.1, 0.15) is 16.4 Å². The van der Waals surface area contributed by atoms with Gasteiger partial charge in [0.25, 0.3) is 11.8 Å². The number of hydrogen-bond donors (Lipinski definition) is 0. The van der Waals surface area contributed by atoms with Gasteiger partial charge in [-0.2, -0.15) is 21.6 Å². The molecule has 3 heterocycles. The summed E-state index contributed by atoms with van der Waals surface area (Å²) in [5, 5.41) is 27.9. The smallest absolute Gasteiger partial charge is 0.518 e. The van der Waals surface area contributed by atoms with E-state index >= 15 is 0 Å². The van der Waals surface area contributed by atoms with Crippen molar-refractivity contribution < 1.29 is 41.1 Å². The second-order valence-electron chi connectivity index (χ2n) is 8.08. The van der Waals surface area contributed by atoms with Gasteiger partial charge in [-0.15, -0.1) is 24.8 Å². The molecule has 1 aliphatic rings. The molecule has 0 radical (unpaired) electrons. The zero-order valence-electron chi connectivity index (χ0n) is 20.5. The number of anilines is 1. The minimum Gasteiger partial charge on any atom is -0.858 e. The van der Waals surface area contributed by atoms with Gasteiger partial charge in [-0.3, -0.25) is 19.0 Å². The predicted molar refractivity (Wildman–Crippen MR) is 127 cm³/mol. The first-order valence-electron chi connectivity index (χ1n) is 10.6. The molecule has 0 saturated heterocycles. The van der Waals surface area contributed by atoms with Gasteiger partial charge in [0.05, 0.1) is 11.1 Å². The van der Waals surface area contributed by atoms with E-state index in [2.05, 4.69) is 24.8 Å². The molecular formula is C20H14F3N8O7S2-. The minimum atomic E-state index is -6.26. The van der Waals surface area contributed by atoms with Gasteiger partial charge in [-0.25, -0.2) is 9.69 Å². The monoisotopic (exact) mass is 599 g/mol. The quantitative estimate of drug-likeness (QED) is 0.234. The van der Waals surface area contributed by atoms with Gasteiger partial charge in [0, 0.05) is 19.7 Å². The molecule has 3 aromatic rings. The summed E-state index contributed by atoms with van der Waals surface area (Å²) in [5.74, 6) is -3.92. The molecule has 40 heavy (non-hydrogen) atoms. The van der Waals surface area contributed by atoms with Crippen LogP contribution in [0.25, 0.3) is 0 Å². The van der Waals surface area contributed by atoms with Crippen LogP contribution in [0.5, 0.6) is 5.88 Å². The third-order valence-electron chi connectivity index (χ3n) is 5.47. The number of azo groups is 1. The van der Waals surface area contributed by atoms with Gasteiger partial charge in [-0.05, 0) is 31.9 Å². The molecule has 4 rings (SSSR count). The van der Waals surface area contributed by atoms with Crippen molar-refractivity contribution in [2.45, 2.75) is 19.4 Å². The maximum absolute atomic E-state index is 13.3. The highest BCUT2D eigenvalue weighted by Crippen LogP contribution is 2.38. The number of carbonyl (C=O) groups excluding carboxylic acids is 3. The molecule has 2 amide bonds. The number of imide groups is 1. The van der Waals surface area contributed by atoms with E-state index < -0.39 is 67.1 Å². The van der Waals surface area contributed by atoms with Crippen molar-refractivity contribution in [1.82, 2.24) is 19.3 Å². The number of alkyl halides is 3. The average Bonchev–Trinajstić information content (AvgIpc) is 3.39. The van der Waals surface area contributed by atoms with Crippen LogP contribution in [0.3, 0.4) is 0 Å². The number of aryl methyl sites for hydroxylation is 1. The normalized spacial score (nSPS) is 14.5. The molecule has 0 fully saturated rings. The Labute approximate surface area is 224 Å². The van der Waals surface area contributed by atoms with Crippen LogP contribution in [0.15, 0.2) is 31.6 Å². The topological polar surface area (TPSA) is 201 Å². The SMILES string of the molecule is CC(=O)c1ccc2c(c1N=Nc1c([O-])n(C)c(=O)n(C)c1=NS(=O)(=O)C(F)(F)F)C(=O)N(c1nnc(C)s1)C2=O. The molecule has 15 nitrogen and oxygen atoms in total. The fraction of sp³-hybridized carbons (Fsp3) is 0.250. The maximum Gasteiger partial charge on any atom is 0.518 e. The number of aromatic nitrogens is 4. The lowest BCUT2D eigenvalue weighted by atomic mass is 10.0. The highest BCUT2D eigenvalue weighted by molar-refractivity contribution is 7.90. The number of rotatable bonds is 5. The van der Waals surface area contributed by atoms with Gasteiger partial charge in [-0.1, -0.05) is 11.3 Å². The summed E-state index contributed by atoms with van der Waals surface area (Å²) in [6, 6.07) is 2.30. The molecule has 1 aromatic carbocycles. The number of hydrogen-bond acceptors (Lipinski definition) is 12. The number of fused-ring (bicyclic) bond motifs is 1. The second kappa shape index (κ2) is 9.55. The van der Waals surface area contributed by atoms with Crippen LogP contribution in [-0.4, -0.2) is 50.9 Å². The van der Waals surface area contributed by atoms with E-state index in [1.165, 1.54) is 6.07 Å². The van der Waals surface area contributed by atoms with Crippen molar-refractivity contribution >= 4 is 55.5 Å². The summed E-state index contributed by atoms with van der Waals surface area (Å²) in [6.07, 6.45) is 0. The number of nitrogens with zero attached hydrogens (tertiary/aromatic N) is 8. The molecule has 0 N–H and O–H groups in total. The Balaban J connectivity index is 2.01. The number of carbonyl (C=O) groups is 3. The summed E-state index contributed by atoms with van der Waals surface area (Å²) < 4.78 is 65.8. The van der Waals surface area contributed by atoms with E-state index in [9.17, 15) is 45.9 Å². The van der Waals surface area contributed by atoms with Gasteiger partial charge < -0.3 is 9.67 Å². The molecule has 0 aliphatic carbocycles. The third-order valence-corrected chi connectivity index (χ3v) is 7.30. The summed E-state index contributed by atoms with van der Waals surface area (Å²) in [5.41, 5.74) is -11.1. The maximum atomic E-state index is 13.3. The largest absolute Gasteiger partial charge is 0.858 e. The van der Waals surface area contributed by atoms with Crippen LogP contribution in [0.4, 0.5) is 29.7 Å². The number of halogens is 3. The molecule has 2 aromatic heterocycles.